The van der Waals surface area contributed by atoms with Gasteiger partial charge in [-0.05, 0) is 27.7 Å². The summed E-state index contributed by atoms with van der Waals surface area (Å²) in [6.07, 6.45) is 0.450. The van der Waals surface area contributed by atoms with Gasteiger partial charge in [0.1, 0.15) is 12.2 Å². The number of ketones is 2. The van der Waals surface area contributed by atoms with Gasteiger partial charge in [-0.1, -0.05) is 12.2 Å². The molecule has 6 nitrogen and oxygen atoms in total. The summed E-state index contributed by atoms with van der Waals surface area (Å²) in [5.41, 5.74) is -5.84. The molecule has 2 saturated carbocycles. The number of Topliss-reactive ketones (excluding diaryl/α,β-unsaturated/α-hetero) is 2. The Hall–Kier alpha value is -1.08. The van der Waals surface area contributed by atoms with E-state index < -0.39 is 51.6 Å². The molecule has 4 rings (SSSR count). The van der Waals surface area contributed by atoms with E-state index in [0.717, 1.165) is 0 Å². The van der Waals surface area contributed by atoms with Gasteiger partial charge in [0.05, 0.1) is 10.8 Å². The topological polar surface area (TPSA) is 93.1 Å². The molecular weight excluding hydrogens is 276 g/mol. The van der Waals surface area contributed by atoms with Gasteiger partial charge >= 0.3 is 0 Å². The maximum atomic E-state index is 12.9. The first-order chi connectivity index (χ1) is 9.50. The molecule has 0 aromatic carbocycles. The van der Waals surface area contributed by atoms with Crippen LogP contribution in [0.5, 0.6) is 0 Å². The highest BCUT2D eigenvalue weighted by atomic mass is 16.8. The lowest BCUT2D eigenvalue weighted by Gasteiger charge is -2.44. The quantitative estimate of drug-likeness (QED) is 0.597. The smallest absolute Gasteiger partial charge is 0.198 e. The highest BCUT2D eigenvalue weighted by Crippen LogP contribution is 2.74. The number of rotatable bonds is 0. The van der Waals surface area contributed by atoms with Crippen LogP contribution < -0.4 is 0 Å². The van der Waals surface area contributed by atoms with E-state index >= 15 is 0 Å². The molecular formula is C15H18O6. The lowest BCUT2D eigenvalue weighted by atomic mass is 9.62. The number of aliphatic hydroxyl groups is 2. The van der Waals surface area contributed by atoms with Gasteiger partial charge in [0.25, 0.3) is 0 Å². The van der Waals surface area contributed by atoms with Crippen molar-refractivity contribution in [1.82, 2.24) is 0 Å². The first-order valence-corrected chi connectivity index (χ1v) is 7.06. The summed E-state index contributed by atoms with van der Waals surface area (Å²) in [5.74, 6) is -2.33. The number of carbonyl (C=O) groups is 2. The molecule has 1 saturated heterocycles. The lowest BCUT2D eigenvalue weighted by Crippen LogP contribution is -2.63. The zero-order valence-corrected chi connectivity index (χ0v) is 12.3. The third-order valence-electron chi connectivity index (χ3n) is 5.91. The second-order valence-corrected chi connectivity index (χ2v) is 7.40. The molecule has 3 aliphatic carbocycles. The van der Waals surface area contributed by atoms with Crippen LogP contribution in [0.25, 0.3) is 0 Å². The molecule has 114 valence electrons. The van der Waals surface area contributed by atoms with Crippen molar-refractivity contribution in [2.45, 2.75) is 56.9 Å². The first kappa shape index (κ1) is 13.6. The van der Waals surface area contributed by atoms with E-state index in [0.29, 0.717) is 0 Å². The minimum atomic E-state index is -1.68. The molecule has 1 aliphatic heterocycles. The van der Waals surface area contributed by atoms with Crippen LogP contribution in [0.1, 0.15) is 27.7 Å². The molecule has 2 N–H and O–H groups in total. The Kier molecular flexibility index (Phi) is 1.95. The highest BCUT2D eigenvalue weighted by molar-refractivity contribution is 6.14. The average Bonchev–Trinajstić information content (AvgIpc) is 2.77. The molecule has 3 fully saturated rings. The van der Waals surface area contributed by atoms with E-state index in [-0.39, 0.29) is 0 Å². The summed E-state index contributed by atoms with van der Waals surface area (Å²) in [7, 11) is 0. The minimum absolute atomic E-state index is 0.590. The molecule has 6 atom stereocenters. The predicted octanol–water partition coefficient (Wildman–Crippen LogP) is -0.284. The Balaban J connectivity index is 2.16. The van der Waals surface area contributed by atoms with Gasteiger partial charge in [-0.3, -0.25) is 9.59 Å². The van der Waals surface area contributed by atoms with Gasteiger partial charge < -0.3 is 19.7 Å². The van der Waals surface area contributed by atoms with Crippen molar-refractivity contribution in [1.29, 1.82) is 0 Å². The van der Waals surface area contributed by atoms with Crippen molar-refractivity contribution < 1.29 is 29.3 Å². The van der Waals surface area contributed by atoms with E-state index in [4.69, 9.17) is 9.47 Å². The van der Waals surface area contributed by atoms with E-state index in [2.05, 4.69) is 0 Å². The molecule has 1 heterocycles. The standard InChI is InChI=1S/C15H18O6/c1-11(2)20-14-10(19)8(17)13(4)6-5-12(14,3)7(16)9(18)15(13,14)21-11/h5-8,16-17H,1-4H3/t7-,8-,12+,13+,14-,15-/m0/s1. The molecule has 21 heavy (non-hydrogen) atoms. The number of aliphatic hydroxyl groups excluding tert-OH is 2. The summed E-state index contributed by atoms with van der Waals surface area (Å²) in [6.45, 7) is 6.47. The molecule has 0 aromatic rings. The van der Waals surface area contributed by atoms with Crippen LogP contribution in [0.3, 0.4) is 0 Å². The number of ether oxygens (including phenoxy) is 2. The van der Waals surface area contributed by atoms with Gasteiger partial charge in [0.2, 0.25) is 0 Å². The summed E-state index contributed by atoms with van der Waals surface area (Å²) < 4.78 is 11.9. The highest BCUT2D eigenvalue weighted by Gasteiger charge is 2.94. The fourth-order valence-corrected chi connectivity index (χ4v) is 4.94. The van der Waals surface area contributed by atoms with Crippen LogP contribution >= 0.6 is 0 Å². The number of hydrogen-bond acceptors (Lipinski definition) is 6. The summed E-state index contributed by atoms with van der Waals surface area (Å²) in [6, 6.07) is 0. The monoisotopic (exact) mass is 294 g/mol. The maximum Gasteiger partial charge on any atom is 0.198 e. The summed E-state index contributed by atoms with van der Waals surface area (Å²) >= 11 is 0. The van der Waals surface area contributed by atoms with E-state index in [1.807, 2.05) is 0 Å². The number of hydrogen-bond donors (Lipinski definition) is 2. The number of carbonyl (C=O) groups excluding carboxylic acids is 2. The zero-order chi connectivity index (χ0) is 15.6. The fourth-order valence-electron chi connectivity index (χ4n) is 4.94. The van der Waals surface area contributed by atoms with Gasteiger partial charge in [-0.2, -0.15) is 0 Å². The second kappa shape index (κ2) is 3.01. The normalized spacial score (nSPS) is 59.7. The van der Waals surface area contributed by atoms with E-state index in [1.54, 1.807) is 39.8 Å². The van der Waals surface area contributed by atoms with Crippen LogP contribution in [-0.2, 0) is 19.1 Å². The Bertz CT molecular complexity index is 586. The molecule has 0 radical (unpaired) electrons. The van der Waals surface area contributed by atoms with Crippen LogP contribution in [0.4, 0.5) is 0 Å². The molecule has 0 spiro atoms. The van der Waals surface area contributed by atoms with Crippen molar-refractivity contribution in [3.63, 3.8) is 0 Å². The van der Waals surface area contributed by atoms with Crippen LogP contribution in [0.15, 0.2) is 12.2 Å². The largest absolute Gasteiger partial charge is 0.384 e. The van der Waals surface area contributed by atoms with Crippen LogP contribution in [-0.4, -0.2) is 51.0 Å². The summed E-state index contributed by atoms with van der Waals surface area (Å²) in [4.78, 5) is 25.8. The summed E-state index contributed by atoms with van der Waals surface area (Å²) in [5, 5.41) is 20.9. The maximum absolute atomic E-state index is 12.9. The average molecular weight is 294 g/mol. The minimum Gasteiger partial charge on any atom is -0.384 e. The van der Waals surface area contributed by atoms with E-state index in [9.17, 15) is 19.8 Å². The second-order valence-electron chi connectivity index (χ2n) is 7.40. The van der Waals surface area contributed by atoms with Crippen molar-refractivity contribution in [3.8, 4) is 0 Å². The van der Waals surface area contributed by atoms with Gasteiger partial charge in [-0.25, -0.2) is 0 Å². The third kappa shape index (κ3) is 0.915. The molecule has 4 bridgehead atoms. The van der Waals surface area contributed by atoms with Crippen molar-refractivity contribution in [3.05, 3.63) is 12.2 Å². The van der Waals surface area contributed by atoms with Gasteiger partial charge in [0, 0.05) is 0 Å². The molecule has 6 heteroatoms. The molecule has 0 amide bonds. The van der Waals surface area contributed by atoms with Crippen molar-refractivity contribution in [2.24, 2.45) is 10.8 Å². The molecule has 0 unspecified atom stereocenters. The fraction of sp³-hybridized carbons (Fsp3) is 0.733. The Morgan fingerprint density at radius 1 is 0.857 bits per heavy atom. The van der Waals surface area contributed by atoms with Crippen LogP contribution in [0, 0.1) is 10.8 Å². The van der Waals surface area contributed by atoms with Crippen molar-refractivity contribution in [2.75, 3.05) is 0 Å². The van der Waals surface area contributed by atoms with Crippen LogP contribution in [0.2, 0.25) is 0 Å². The van der Waals surface area contributed by atoms with Gasteiger partial charge in [-0.15, -0.1) is 0 Å². The predicted molar refractivity (Wildman–Crippen MR) is 69.1 cm³/mol. The third-order valence-corrected chi connectivity index (χ3v) is 5.91. The lowest BCUT2D eigenvalue weighted by molar-refractivity contribution is -0.215. The Labute approximate surface area is 121 Å². The molecule has 0 aromatic heterocycles. The van der Waals surface area contributed by atoms with E-state index in [1.165, 1.54) is 0 Å². The zero-order valence-electron chi connectivity index (χ0n) is 12.3. The Morgan fingerprint density at radius 3 is 1.52 bits per heavy atom. The first-order valence-electron chi connectivity index (χ1n) is 7.06. The van der Waals surface area contributed by atoms with Gasteiger partial charge in [0.15, 0.2) is 28.6 Å². The molecule has 4 aliphatic rings. The SMILES string of the molecule is CC1(C)O[C@@]23C(=O)[C@H](O)[C@@]4(C)C=C[C@]2(C)[C@@H](O)C(=O)[C@@]34O1. The van der Waals surface area contributed by atoms with Crippen molar-refractivity contribution >= 4 is 11.6 Å². The Morgan fingerprint density at radius 2 is 1.19 bits per heavy atom.